The molecule has 0 spiro atoms. The lowest BCUT2D eigenvalue weighted by atomic mass is 10.0. The molecule has 3 aliphatic heterocycles. The predicted octanol–water partition coefficient (Wildman–Crippen LogP) is 2.97. The van der Waals surface area contributed by atoms with Crippen molar-refractivity contribution in [2.75, 3.05) is 13.1 Å². The number of carbonyl (C=O) groups excluding carboxylic acids is 5. The zero-order chi connectivity index (χ0) is 37.7. The molecule has 6 rings (SSSR count). The van der Waals surface area contributed by atoms with Gasteiger partial charge in [-0.05, 0) is 61.3 Å². The average molecular weight is 729 g/mol. The van der Waals surface area contributed by atoms with Gasteiger partial charge < -0.3 is 35.6 Å². The standard InChI is InChI=1S/C39H48N6O8/c1-24(2)32(42-33(46)26-13-10-17-40-21-26)35(48)41-30-15-7-5-3-4-6-14-28-20-39(28,37(50)51)43-34(47)31-19-29(23-45(31)36(30)49)53-38(52)44-18-16-25-11-8-9-12-27(25)22-44/h6,8-14,17,21,24,28-32H,3-5,7,15-16,18-20,22-23H2,1-2H3,(H,41,48)(H,42,46)(H,43,47)(H,50,51)/b14-6+/t28-,29-,30+,31+,32?,39-/m1/s1. The number of fused-ring (bicyclic) bond motifs is 3. The van der Waals surface area contributed by atoms with E-state index in [4.69, 9.17) is 4.74 Å². The molecule has 5 amide bonds. The molecule has 4 N–H and O–H groups in total. The number of carboxylic acid groups (broad SMARTS) is 1. The SMILES string of the molecule is CC(C)C(NC(=O)c1cccnc1)C(=O)N[C@H]1CCCCC/C=C/[C@@H]2C[C@@]2(C(=O)O)NC(=O)[C@@H]2C[C@@H](OC(=O)N3CCc4ccccc4C3)CN2C1=O. The third-order valence-electron chi connectivity index (χ3n) is 10.8. The van der Waals surface area contributed by atoms with Gasteiger partial charge in [-0.3, -0.25) is 24.2 Å². The number of aliphatic carboxylic acids is 1. The number of benzene rings is 1. The summed E-state index contributed by atoms with van der Waals surface area (Å²) in [7, 11) is 0. The second-order valence-corrected chi connectivity index (χ2v) is 14.8. The van der Waals surface area contributed by atoms with Gasteiger partial charge in [-0.25, -0.2) is 9.59 Å². The maximum absolute atomic E-state index is 14.5. The fourth-order valence-corrected chi connectivity index (χ4v) is 7.53. The molecule has 1 aromatic heterocycles. The monoisotopic (exact) mass is 728 g/mol. The van der Waals surface area contributed by atoms with Crippen molar-refractivity contribution in [1.82, 2.24) is 30.7 Å². The Hall–Kier alpha value is -5.27. The lowest BCUT2D eigenvalue weighted by Gasteiger charge is -2.31. The Bertz CT molecular complexity index is 1750. The zero-order valence-electron chi connectivity index (χ0n) is 30.2. The number of hydrogen-bond donors (Lipinski definition) is 4. The Morgan fingerprint density at radius 3 is 2.58 bits per heavy atom. The summed E-state index contributed by atoms with van der Waals surface area (Å²) in [6.45, 7) is 4.27. The van der Waals surface area contributed by atoms with E-state index in [0.717, 1.165) is 24.0 Å². The van der Waals surface area contributed by atoms with Crippen LogP contribution < -0.4 is 16.0 Å². The molecule has 4 aliphatic rings. The number of ether oxygens (including phenoxy) is 1. The van der Waals surface area contributed by atoms with E-state index in [2.05, 4.69) is 20.9 Å². The van der Waals surface area contributed by atoms with Crippen LogP contribution in [-0.4, -0.2) is 98.4 Å². The minimum atomic E-state index is -1.50. The first kappa shape index (κ1) is 37.5. The van der Waals surface area contributed by atoms with Crippen molar-refractivity contribution in [3.63, 3.8) is 0 Å². The van der Waals surface area contributed by atoms with Crippen molar-refractivity contribution in [2.45, 2.75) is 102 Å². The Morgan fingerprint density at radius 1 is 1.06 bits per heavy atom. The highest BCUT2D eigenvalue weighted by Gasteiger charge is 2.61. The van der Waals surface area contributed by atoms with Crippen molar-refractivity contribution in [3.05, 3.63) is 77.6 Å². The lowest BCUT2D eigenvalue weighted by Crippen LogP contribution is -2.58. The molecular formula is C39H48N6O8. The van der Waals surface area contributed by atoms with Gasteiger partial charge in [0.25, 0.3) is 5.91 Å². The minimum Gasteiger partial charge on any atom is -0.479 e. The van der Waals surface area contributed by atoms with E-state index in [-0.39, 0.29) is 37.3 Å². The van der Waals surface area contributed by atoms with Crippen LogP contribution in [-0.2, 0) is 36.9 Å². The third kappa shape index (κ3) is 8.52. The van der Waals surface area contributed by atoms with Gasteiger partial charge >= 0.3 is 12.1 Å². The van der Waals surface area contributed by atoms with Crippen molar-refractivity contribution in [2.24, 2.45) is 11.8 Å². The van der Waals surface area contributed by atoms with E-state index in [9.17, 15) is 33.9 Å². The van der Waals surface area contributed by atoms with Crippen LogP contribution in [0.15, 0.2) is 60.9 Å². The number of allylic oxidation sites excluding steroid dienone is 1. The van der Waals surface area contributed by atoms with Crippen molar-refractivity contribution < 1.29 is 38.6 Å². The predicted molar refractivity (Wildman–Crippen MR) is 192 cm³/mol. The number of hydrogen-bond acceptors (Lipinski definition) is 8. The second kappa shape index (κ2) is 16.2. The van der Waals surface area contributed by atoms with Crippen molar-refractivity contribution >= 4 is 35.7 Å². The summed E-state index contributed by atoms with van der Waals surface area (Å²) in [4.78, 5) is 88.1. The first-order chi connectivity index (χ1) is 25.5. The second-order valence-electron chi connectivity index (χ2n) is 14.8. The maximum Gasteiger partial charge on any atom is 0.410 e. The molecule has 4 heterocycles. The highest BCUT2D eigenvalue weighted by atomic mass is 16.6. The molecule has 1 unspecified atom stereocenters. The first-order valence-corrected chi connectivity index (χ1v) is 18.5. The zero-order valence-corrected chi connectivity index (χ0v) is 30.2. The van der Waals surface area contributed by atoms with E-state index in [1.165, 1.54) is 17.3 Å². The molecule has 14 nitrogen and oxygen atoms in total. The molecular weight excluding hydrogens is 680 g/mol. The summed E-state index contributed by atoms with van der Waals surface area (Å²) < 4.78 is 5.93. The third-order valence-corrected chi connectivity index (χ3v) is 10.8. The number of pyridine rings is 1. The van der Waals surface area contributed by atoms with E-state index < -0.39 is 71.4 Å². The molecule has 53 heavy (non-hydrogen) atoms. The van der Waals surface area contributed by atoms with Crippen LogP contribution in [0.4, 0.5) is 4.79 Å². The first-order valence-electron chi connectivity index (χ1n) is 18.5. The average Bonchev–Trinajstić information content (AvgIpc) is 3.69. The molecule has 0 radical (unpaired) electrons. The van der Waals surface area contributed by atoms with Crippen molar-refractivity contribution in [3.8, 4) is 0 Å². The quantitative estimate of drug-likeness (QED) is 0.311. The maximum atomic E-state index is 14.5. The highest BCUT2D eigenvalue weighted by Crippen LogP contribution is 2.45. The topological polar surface area (TPSA) is 187 Å². The minimum absolute atomic E-state index is 0.0413. The number of nitrogens with one attached hydrogen (secondary N) is 3. The van der Waals surface area contributed by atoms with E-state index in [1.807, 2.05) is 36.4 Å². The smallest absolute Gasteiger partial charge is 0.410 e. The summed E-state index contributed by atoms with van der Waals surface area (Å²) >= 11 is 0. The van der Waals surface area contributed by atoms with E-state index in [0.29, 0.717) is 32.4 Å². The molecule has 2 fully saturated rings. The summed E-state index contributed by atoms with van der Waals surface area (Å²) in [5.74, 6) is -4.15. The highest BCUT2D eigenvalue weighted by molar-refractivity contribution is 5.99. The fraction of sp³-hybridized carbons (Fsp3) is 0.513. The molecule has 1 aromatic carbocycles. The Kier molecular flexibility index (Phi) is 11.4. The summed E-state index contributed by atoms with van der Waals surface area (Å²) in [5.41, 5.74) is 0.965. The Balaban J connectivity index is 1.23. The van der Waals surface area contributed by atoms with E-state index in [1.54, 1.807) is 30.9 Å². The van der Waals surface area contributed by atoms with Crippen LogP contribution in [0.3, 0.4) is 0 Å². The van der Waals surface area contributed by atoms with Gasteiger partial charge in [0.15, 0.2) is 0 Å². The van der Waals surface area contributed by atoms with Crippen LogP contribution in [0.5, 0.6) is 0 Å². The van der Waals surface area contributed by atoms with Crippen LogP contribution in [0.2, 0.25) is 0 Å². The van der Waals surface area contributed by atoms with Gasteiger partial charge in [-0.2, -0.15) is 0 Å². The van der Waals surface area contributed by atoms with Gasteiger partial charge in [-0.15, -0.1) is 0 Å². The molecule has 1 saturated carbocycles. The molecule has 0 bridgehead atoms. The number of nitrogens with zero attached hydrogens (tertiary/aromatic N) is 3. The van der Waals surface area contributed by atoms with Gasteiger partial charge in [0.2, 0.25) is 17.7 Å². The van der Waals surface area contributed by atoms with Crippen LogP contribution in [0, 0.1) is 11.8 Å². The van der Waals surface area contributed by atoms with Crippen LogP contribution in [0.25, 0.3) is 0 Å². The van der Waals surface area contributed by atoms with Gasteiger partial charge in [0, 0.05) is 37.8 Å². The number of aromatic nitrogens is 1. The normalized spacial score (nSPS) is 27.1. The van der Waals surface area contributed by atoms with Gasteiger partial charge in [0.05, 0.1) is 12.1 Å². The molecule has 282 valence electrons. The molecule has 1 aliphatic carbocycles. The van der Waals surface area contributed by atoms with Gasteiger partial charge in [-0.1, -0.05) is 63.1 Å². The molecule has 2 aromatic rings. The fourth-order valence-electron chi connectivity index (χ4n) is 7.53. The van der Waals surface area contributed by atoms with Crippen molar-refractivity contribution in [1.29, 1.82) is 0 Å². The van der Waals surface area contributed by atoms with Crippen LogP contribution in [0.1, 0.15) is 80.3 Å². The Morgan fingerprint density at radius 2 is 1.85 bits per heavy atom. The molecule has 14 heteroatoms. The number of carboxylic acids is 1. The Labute approximate surface area is 308 Å². The summed E-state index contributed by atoms with van der Waals surface area (Å²) in [6.07, 6.45) is 9.20. The summed E-state index contributed by atoms with van der Waals surface area (Å²) in [6, 6.07) is 7.86. The largest absolute Gasteiger partial charge is 0.479 e. The molecule has 1 saturated heterocycles. The number of rotatable bonds is 7. The lowest BCUT2D eigenvalue weighted by molar-refractivity contribution is -0.146. The number of carbonyl (C=O) groups is 6. The number of amides is 5. The van der Waals surface area contributed by atoms with Crippen LogP contribution >= 0.6 is 0 Å². The summed E-state index contributed by atoms with van der Waals surface area (Å²) in [5, 5.41) is 18.5. The van der Waals surface area contributed by atoms with Gasteiger partial charge in [0.1, 0.15) is 29.8 Å². The molecule has 6 atom stereocenters. The van der Waals surface area contributed by atoms with E-state index >= 15 is 0 Å².